The van der Waals surface area contributed by atoms with Crippen LogP contribution < -0.4 is 5.73 Å². The van der Waals surface area contributed by atoms with Gasteiger partial charge in [0.15, 0.2) is 0 Å². The standard InChI is InChI=1S/C17H22N6/c1-13(6-7-18)23-10-8-22(9-11-23)12-16-20-15-5-3-2-4-14(15)17(19)21-16/h2-5,13H,6,8-12H2,1H3,(H2,19,20,21). The molecular formula is C17H22N6. The Balaban J connectivity index is 1.64. The second-order valence-electron chi connectivity index (χ2n) is 6.07. The number of para-hydroxylation sites is 1. The monoisotopic (exact) mass is 310 g/mol. The highest BCUT2D eigenvalue weighted by Crippen LogP contribution is 2.18. The molecular weight excluding hydrogens is 288 g/mol. The normalized spacial score (nSPS) is 17.9. The molecule has 2 aromatic rings. The second-order valence-corrected chi connectivity index (χ2v) is 6.07. The largest absolute Gasteiger partial charge is 0.383 e. The average molecular weight is 310 g/mol. The molecule has 6 heteroatoms. The van der Waals surface area contributed by atoms with E-state index in [2.05, 4.69) is 32.8 Å². The number of nitrogens with zero attached hydrogens (tertiary/aromatic N) is 5. The molecule has 1 aromatic heterocycles. The highest BCUT2D eigenvalue weighted by atomic mass is 15.3. The van der Waals surface area contributed by atoms with Gasteiger partial charge in [-0.05, 0) is 19.1 Å². The van der Waals surface area contributed by atoms with Gasteiger partial charge >= 0.3 is 0 Å². The zero-order valence-corrected chi connectivity index (χ0v) is 13.4. The Morgan fingerprint density at radius 3 is 2.70 bits per heavy atom. The molecule has 6 nitrogen and oxygen atoms in total. The number of hydrogen-bond acceptors (Lipinski definition) is 6. The predicted molar refractivity (Wildman–Crippen MR) is 90.5 cm³/mol. The summed E-state index contributed by atoms with van der Waals surface area (Å²) in [4.78, 5) is 13.8. The first-order chi connectivity index (χ1) is 11.2. The van der Waals surface area contributed by atoms with Crippen molar-refractivity contribution in [1.82, 2.24) is 19.8 Å². The van der Waals surface area contributed by atoms with Crippen molar-refractivity contribution in [3.05, 3.63) is 30.1 Å². The first-order valence-electron chi connectivity index (χ1n) is 8.02. The predicted octanol–water partition coefficient (Wildman–Crippen LogP) is 1.63. The molecule has 0 saturated carbocycles. The van der Waals surface area contributed by atoms with E-state index in [1.54, 1.807) is 0 Å². The molecule has 2 heterocycles. The van der Waals surface area contributed by atoms with E-state index in [9.17, 15) is 0 Å². The maximum Gasteiger partial charge on any atom is 0.145 e. The lowest BCUT2D eigenvalue weighted by Crippen LogP contribution is -2.49. The summed E-state index contributed by atoms with van der Waals surface area (Å²) in [5.74, 6) is 1.33. The van der Waals surface area contributed by atoms with Crippen molar-refractivity contribution >= 4 is 16.7 Å². The lowest BCUT2D eigenvalue weighted by molar-refractivity contribution is 0.0977. The Morgan fingerprint density at radius 2 is 1.96 bits per heavy atom. The molecule has 1 aliphatic heterocycles. The molecule has 23 heavy (non-hydrogen) atoms. The number of nitrogen functional groups attached to an aromatic ring is 1. The van der Waals surface area contributed by atoms with Crippen LogP contribution in [0.4, 0.5) is 5.82 Å². The fraction of sp³-hybridized carbons (Fsp3) is 0.471. The van der Waals surface area contributed by atoms with Crippen LogP contribution in [0.3, 0.4) is 0 Å². The van der Waals surface area contributed by atoms with E-state index >= 15 is 0 Å². The minimum absolute atomic E-state index is 0.328. The molecule has 0 radical (unpaired) electrons. The number of nitriles is 1. The minimum atomic E-state index is 0.328. The van der Waals surface area contributed by atoms with Gasteiger partial charge in [0.05, 0.1) is 24.6 Å². The summed E-state index contributed by atoms with van der Waals surface area (Å²) in [6.45, 7) is 6.72. The topological polar surface area (TPSA) is 82.1 Å². The van der Waals surface area contributed by atoms with Crippen LogP contribution in [0.25, 0.3) is 10.9 Å². The van der Waals surface area contributed by atoms with Gasteiger partial charge in [-0.3, -0.25) is 9.80 Å². The average Bonchev–Trinajstić information content (AvgIpc) is 2.56. The zero-order valence-electron chi connectivity index (χ0n) is 13.4. The lowest BCUT2D eigenvalue weighted by Gasteiger charge is -2.37. The number of rotatable bonds is 4. The Bertz CT molecular complexity index is 715. The number of aromatic nitrogens is 2. The molecule has 0 bridgehead atoms. The van der Waals surface area contributed by atoms with Crippen molar-refractivity contribution in [1.29, 1.82) is 5.26 Å². The zero-order chi connectivity index (χ0) is 16.2. The summed E-state index contributed by atoms with van der Waals surface area (Å²) in [7, 11) is 0. The van der Waals surface area contributed by atoms with Crippen molar-refractivity contribution in [2.45, 2.75) is 25.9 Å². The van der Waals surface area contributed by atoms with Gasteiger partial charge < -0.3 is 5.73 Å². The molecule has 0 spiro atoms. The van der Waals surface area contributed by atoms with E-state index in [0.29, 0.717) is 18.3 Å². The Morgan fingerprint density at radius 1 is 1.22 bits per heavy atom. The molecule has 1 aromatic carbocycles. The Labute approximate surface area is 136 Å². The molecule has 0 amide bonds. The van der Waals surface area contributed by atoms with Crippen molar-refractivity contribution in [3.8, 4) is 6.07 Å². The summed E-state index contributed by atoms with van der Waals surface area (Å²) >= 11 is 0. The van der Waals surface area contributed by atoms with Gasteiger partial charge in [-0.1, -0.05) is 12.1 Å². The van der Waals surface area contributed by atoms with Crippen molar-refractivity contribution in [2.75, 3.05) is 31.9 Å². The summed E-state index contributed by atoms with van der Waals surface area (Å²) in [5.41, 5.74) is 6.95. The fourth-order valence-electron chi connectivity index (χ4n) is 3.05. The van der Waals surface area contributed by atoms with Gasteiger partial charge in [0.25, 0.3) is 0 Å². The Hall–Kier alpha value is -2.23. The van der Waals surface area contributed by atoms with Crippen molar-refractivity contribution in [2.24, 2.45) is 0 Å². The quantitative estimate of drug-likeness (QED) is 0.924. The first-order valence-corrected chi connectivity index (χ1v) is 8.02. The van der Waals surface area contributed by atoms with Crippen LogP contribution >= 0.6 is 0 Å². The lowest BCUT2D eigenvalue weighted by atomic mass is 10.2. The molecule has 1 fully saturated rings. The van der Waals surface area contributed by atoms with E-state index in [1.807, 2.05) is 24.3 Å². The maximum absolute atomic E-state index is 8.81. The van der Waals surface area contributed by atoms with Crippen LogP contribution in [0.15, 0.2) is 24.3 Å². The fourth-order valence-corrected chi connectivity index (χ4v) is 3.05. The van der Waals surface area contributed by atoms with Crippen LogP contribution in [0.2, 0.25) is 0 Å². The molecule has 120 valence electrons. The molecule has 1 aliphatic rings. The summed E-state index contributed by atoms with van der Waals surface area (Å²) in [6.07, 6.45) is 0.588. The molecule has 0 aliphatic carbocycles. The molecule has 1 saturated heterocycles. The van der Waals surface area contributed by atoms with E-state index in [0.717, 1.165) is 49.5 Å². The first kappa shape index (κ1) is 15.7. The van der Waals surface area contributed by atoms with Crippen LogP contribution in [0.1, 0.15) is 19.2 Å². The third-order valence-corrected chi connectivity index (χ3v) is 4.46. The van der Waals surface area contributed by atoms with Crippen LogP contribution in [-0.2, 0) is 6.54 Å². The molecule has 2 N–H and O–H groups in total. The highest BCUT2D eigenvalue weighted by molar-refractivity contribution is 5.87. The minimum Gasteiger partial charge on any atom is -0.383 e. The second kappa shape index (κ2) is 6.90. The number of fused-ring (bicyclic) bond motifs is 1. The molecule has 1 atom stereocenters. The third kappa shape index (κ3) is 3.58. The third-order valence-electron chi connectivity index (χ3n) is 4.46. The maximum atomic E-state index is 8.81. The van der Waals surface area contributed by atoms with Gasteiger partial charge in [0, 0.05) is 37.6 Å². The van der Waals surface area contributed by atoms with Crippen molar-refractivity contribution < 1.29 is 0 Å². The van der Waals surface area contributed by atoms with Gasteiger partial charge in [0.1, 0.15) is 11.6 Å². The smallest absolute Gasteiger partial charge is 0.145 e. The van der Waals surface area contributed by atoms with Crippen LogP contribution in [0, 0.1) is 11.3 Å². The highest BCUT2D eigenvalue weighted by Gasteiger charge is 2.21. The SMILES string of the molecule is CC(CC#N)N1CCN(Cc2nc(N)c3ccccc3n2)CC1. The Kier molecular flexibility index (Phi) is 4.70. The summed E-state index contributed by atoms with van der Waals surface area (Å²) < 4.78 is 0. The van der Waals surface area contributed by atoms with Gasteiger partial charge in [-0.15, -0.1) is 0 Å². The van der Waals surface area contributed by atoms with Crippen LogP contribution in [-0.4, -0.2) is 52.0 Å². The van der Waals surface area contributed by atoms with Gasteiger partial charge in [-0.25, -0.2) is 9.97 Å². The van der Waals surface area contributed by atoms with Gasteiger partial charge in [0.2, 0.25) is 0 Å². The summed E-state index contributed by atoms with van der Waals surface area (Å²) in [6, 6.07) is 10.4. The number of anilines is 1. The van der Waals surface area contributed by atoms with Crippen LogP contribution in [0.5, 0.6) is 0 Å². The van der Waals surface area contributed by atoms with Gasteiger partial charge in [-0.2, -0.15) is 5.26 Å². The van der Waals surface area contributed by atoms with E-state index in [1.165, 1.54) is 0 Å². The van der Waals surface area contributed by atoms with E-state index in [4.69, 9.17) is 11.0 Å². The molecule has 3 rings (SSSR count). The number of piperazine rings is 1. The summed E-state index contributed by atoms with van der Waals surface area (Å²) in [5, 5.41) is 9.72. The van der Waals surface area contributed by atoms with E-state index < -0.39 is 0 Å². The van der Waals surface area contributed by atoms with Crippen molar-refractivity contribution in [3.63, 3.8) is 0 Å². The van der Waals surface area contributed by atoms with E-state index in [-0.39, 0.29) is 0 Å². The number of hydrogen-bond donors (Lipinski definition) is 1. The molecule has 1 unspecified atom stereocenters. The number of nitrogens with two attached hydrogens (primary N) is 1. The number of benzene rings is 1.